The van der Waals surface area contributed by atoms with Gasteiger partial charge in [0.1, 0.15) is 0 Å². The molecular formula is C9H19BrN2O. The van der Waals surface area contributed by atoms with Crippen LogP contribution in [0.25, 0.3) is 0 Å². The molecule has 0 aromatic heterocycles. The van der Waals surface area contributed by atoms with Crippen molar-refractivity contribution >= 4 is 22.0 Å². The zero-order valence-electron chi connectivity index (χ0n) is 9.02. The highest BCUT2D eigenvalue weighted by molar-refractivity contribution is 9.10. The normalized spacial score (nSPS) is 14.5. The Labute approximate surface area is 88.9 Å². The van der Waals surface area contributed by atoms with Gasteiger partial charge in [-0.1, -0.05) is 15.9 Å². The van der Waals surface area contributed by atoms with E-state index in [2.05, 4.69) is 34.8 Å². The molecule has 78 valence electrons. The SMILES string of the molecule is CCOC(N)=NC(C)(C)C(C)(C)Br. The van der Waals surface area contributed by atoms with Crippen LogP contribution in [-0.4, -0.2) is 22.5 Å². The number of aliphatic imine (C=N–C) groups is 1. The summed E-state index contributed by atoms with van der Waals surface area (Å²) in [6, 6.07) is 0.250. The molecule has 3 nitrogen and oxygen atoms in total. The minimum Gasteiger partial charge on any atom is -0.466 e. The summed E-state index contributed by atoms with van der Waals surface area (Å²) >= 11 is 3.56. The largest absolute Gasteiger partial charge is 0.466 e. The van der Waals surface area contributed by atoms with Gasteiger partial charge in [-0.2, -0.15) is 0 Å². The molecule has 0 radical (unpaired) electrons. The van der Waals surface area contributed by atoms with Crippen molar-refractivity contribution in [2.45, 2.75) is 44.5 Å². The minimum atomic E-state index is -0.285. The first kappa shape index (κ1) is 12.8. The lowest BCUT2D eigenvalue weighted by Crippen LogP contribution is -2.40. The lowest BCUT2D eigenvalue weighted by molar-refractivity contribution is 0.307. The molecule has 0 rings (SSSR count). The van der Waals surface area contributed by atoms with Crippen LogP contribution in [0.15, 0.2) is 4.99 Å². The monoisotopic (exact) mass is 250 g/mol. The molecule has 0 aromatic rings. The number of amidine groups is 1. The Morgan fingerprint density at radius 3 is 2.15 bits per heavy atom. The minimum absolute atomic E-state index is 0.109. The number of hydrogen-bond donors (Lipinski definition) is 1. The molecule has 2 N–H and O–H groups in total. The zero-order chi connectivity index (χ0) is 10.7. The third-order valence-electron chi connectivity index (χ3n) is 2.14. The van der Waals surface area contributed by atoms with Gasteiger partial charge in [0.15, 0.2) is 0 Å². The van der Waals surface area contributed by atoms with Gasteiger partial charge in [0.2, 0.25) is 0 Å². The average Bonchev–Trinajstić information content (AvgIpc) is 1.83. The summed E-state index contributed by atoms with van der Waals surface area (Å²) in [6.45, 7) is 10.6. The van der Waals surface area contributed by atoms with E-state index < -0.39 is 0 Å². The molecule has 0 heterocycles. The molecule has 0 spiro atoms. The molecule has 0 aliphatic rings. The van der Waals surface area contributed by atoms with Crippen LogP contribution in [0.2, 0.25) is 0 Å². The molecule has 0 aliphatic carbocycles. The molecule has 0 fully saturated rings. The van der Waals surface area contributed by atoms with E-state index in [4.69, 9.17) is 10.5 Å². The maximum Gasteiger partial charge on any atom is 0.282 e. The predicted molar refractivity (Wildman–Crippen MR) is 60.3 cm³/mol. The van der Waals surface area contributed by atoms with Gasteiger partial charge in [-0.3, -0.25) is 0 Å². The molecule has 0 bridgehead atoms. The van der Waals surface area contributed by atoms with Crippen LogP contribution in [0, 0.1) is 0 Å². The first-order chi connectivity index (χ1) is 5.70. The number of nitrogens with zero attached hydrogens (tertiary/aromatic N) is 1. The second-order valence-corrected chi connectivity index (χ2v) is 5.90. The number of ether oxygens (including phenoxy) is 1. The van der Waals surface area contributed by atoms with Gasteiger partial charge < -0.3 is 10.5 Å². The van der Waals surface area contributed by atoms with Crippen molar-refractivity contribution in [3.8, 4) is 0 Å². The van der Waals surface area contributed by atoms with Crippen molar-refractivity contribution in [2.24, 2.45) is 10.7 Å². The molecule has 0 saturated carbocycles. The summed E-state index contributed by atoms with van der Waals surface area (Å²) in [5.74, 6) is 0. The van der Waals surface area contributed by atoms with Gasteiger partial charge in [-0.25, -0.2) is 4.99 Å². The lowest BCUT2D eigenvalue weighted by atomic mass is 9.91. The van der Waals surface area contributed by atoms with E-state index in [-0.39, 0.29) is 15.9 Å². The fraction of sp³-hybridized carbons (Fsp3) is 0.889. The Morgan fingerprint density at radius 2 is 1.85 bits per heavy atom. The third-order valence-corrected chi connectivity index (χ3v) is 3.11. The van der Waals surface area contributed by atoms with Crippen molar-refractivity contribution in [1.82, 2.24) is 0 Å². The van der Waals surface area contributed by atoms with Gasteiger partial charge >= 0.3 is 0 Å². The maximum absolute atomic E-state index is 5.57. The van der Waals surface area contributed by atoms with Gasteiger partial charge in [-0.15, -0.1) is 0 Å². The van der Waals surface area contributed by atoms with Crippen molar-refractivity contribution in [1.29, 1.82) is 0 Å². The number of rotatable bonds is 3. The van der Waals surface area contributed by atoms with E-state index in [1.165, 1.54) is 0 Å². The number of nitrogens with two attached hydrogens (primary N) is 1. The summed E-state index contributed by atoms with van der Waals surface area (Å²) in [6.07, 6.45) is 0. The topological polar surface area (TPSA) is 47.6 Å². The van der Waals surface area contributed by atoms with Crippen LogP contribution in [-0.2, 0) is 4.74 Å². The quantitative estimate of drug-likeness (QED) is 0.475. The van der Waals surface area contributed by atoms with Crippen LogP contribution in [0.1, 0.15) is 34.6 Å². The van der Waals surface area contributed by atoms with E-state index in [1.807, 2.05) is 20.8 Å². The second-order valence-electron chi connectivity index (χ2n) is 3.91. The van der Waals surface area contributed by atoms with Crippen LogP contribution >= 0.6 is 15.9 Å². The smallest absolute Gasteiger partial charge is 0.282 e. The Bertz CT molecular complexity index is 194. The summed E-state index contributed by atoms with van der Waals surface area (Å²) < 4.78 is 4.97. The zero-order valence-corrected chi connectivity index (χ0v) is 10.6. The number of alkyl halides is 1. The first-order valence-corrected chi connectivity index (χ1v) is 5.17. The summed E-state index contributed by atoms with van der Waals surface area (Å²) in [5, 5.41) is 0. The molecule has 0 amide bonds. The van der Waals surface area contributed by atoms with E-state index >= 15 is 0 Å². The molecule has 0 aromatic carbocycles. The predicted octanol–water partition coefficient (Wildman–Crippen LogP) is 2.29. The van der Waals surface area contributed by atoms with Crippen molar-refractivity contribution in [3.63, 3.8) is 0 Å². The summed E-state index contributed by atoms with van der Waals surface area (Å²) in [5.41, 5.74) is 5.29. The van der Waals surface area contributed by atoms with Gasteiger partial charge in [0, 0.05) is 4.32 Å². The highest BCUT2D eigenvalue weighted by Gasteiger charge is 2.34. The molecule has 0 saturated heterocycles. The fourth-order valence-corrected chi connectivity index (χ4v) is 0.677. The van der Waals surface area contributed by atoms with Crippen LogP contribution in [0.5, 0.6) is 0 Å². The molecule has 0 unspecified atom stereocenters. The van der Waals surface area contributed by atoms with E-state index in [1.54, 1.807) is 0 Å². The highest BCUT2D eigenvalue weighted by Crippen LogP contribution is 2.33. The second kappa shape index (κ2) is 4.31. The fourth-order valence-electron chi connectivity index (χ4n) is 0.589. The maximum atomic E-state index is 5.57. The van der Waals surface area contributed by atoms with Crippen molar-refractivity contribution < 1.29 is 4.74 Å². The summed E-state index contributed by atoms with van der Waals surface area (Å²) in [7, 11) is 0. The Hall–Kier alpha value is -0.250. The average molecular weight is 251 g/mol. The molecule has 0 aliphatic heterocycles. The van der Waals surface area contributed by atoms with Crippen LogP contribution < -0.4 is 5.73 Å². The van der Waals surface area contributed by atoms with Crippen molar-refractivity contribution in [2.75, 3.05) is 6.61 Å². The molecular weight excluding hydrogens is 232 g/mol. The summed E-state index contributed by atoms with van der Waals surface area (Å²) in [4.78, 5) is 4.30. The first-order valence-electron chi connectivity index (χ1n) is 4.37. The van der Waals surface area contributed by atoms with Crippen molar-refractivity contribution in [3.05, 3.63) is 0 Å². The van der Waals surface area contributed by atoms with E-state index in [0.29, 0.717) is 6.61 Å². The Balaban J connectivity index is 4.57. The molecule has 4 heteroatoms. The van der Waals surface area contributed by atoms with E-state index in [0.717, 1.165) is 0 Å². The van der Waals surface area contributed by atoms with Crippen LogP contribution in [0.3, 0.4) is 0 Å². The molecule has 0 atom stereocenters. The Kier molecular flexibility index (Phi) is 4.23. The standard InChI is InChI=1S/C9H19BrN2O/c1-6-13-7(11)12-9(4,5)8(2,3)10/h6H2,1-5H3,(H2,11,12). The lowest BCUT2D eigenvalue weighted by Gasteiger charge is -2.33. The Morgan fingerprint density at radius 1 is 1.38 bits per heavy atom. The van der Waals surface area contributed by atoms with Gasteiger partial charge in [0.05, 0.1) is 12.1 Å². The van der Waals surface area contributed by atoms with Gasteiger partial charge in [0.25, 0.3) is 6.02 Å². The third kappa shape index (κ3) is 3.98. The number of halogens is 1. The number of hydrogen-bond acceptors (Lipinski definition) is 2. The highest BCUT2D eigenvalue weighted by atomic mass is 79.9. The van der Waals surface area contributed by atoms with Gasteiger partial charge in [-0.05, 0) is 34.6 Å². The van der Waals surface area contributed by atoms with Crippen LogP contribution in [0.4, 0.5) is 0 Å². The van der Waals surface area contributed by atoms with E-state index in [9.17, 15) is 0 Å². The molecule has 13 heavy (non-hydrogen) atoms.